The van der Waals surface area contributed by atoms with Crippen molar-refractivity contribution < 1.29 is 0 Å². The second-order valence-electron chi connectivity index (χ2n) is 5.28. The van der Waals surface area contributed by atoms with Crippen LogP contribution in [0.25, 0.3) is 16.8 Å². The summed E-state index contributed by atoms with van der Waals surface area (Å²) in [6.07, 6.45) is 6.99. The Bertz CT molecular complexity index is 726. The predicted molar refractivity (Wildman–Crippen MR) is 74.2 cm³/mol. The van der Waals surface area contributed by atoms with Crippen LogP contribution in [0.1, 0.15) is 25.0 Å². The summed E-state index contributed by atoms with van der Waals surface area (Å²) in [5.74, 6) is 1.24. The van der Waals surface area contributed by atoms with E-state index in [1.165, 1.54) is 12.1 Å². The highest BCUT2D eigenvalue weighted by Crippen LogP contribution is 2.31. The van der Waals surface area contributed by atoms with Gasteiger partial charge in [-0.2, -0.15) is 0 Å². The van der Waals surface area contributed by atoms with Gasteiger partial charge in [-0.1, -0.05) is 13.3 Å². The van der Waals surface area contributed by atoms with Crippen molar-refractivity contribution in [1.29, 1.82) is 0 Å². The minimum Gasteiger partial charge on any atom is -0.345 e. The van der Waals surface area contributed by atoms with E-state index in [1.54, 1.807) is 0 Å². The van der Waals surface area contributed by atoms with E-state index in [2.05, 4.69) is 37.7 Å². The van der Waals surface area contributed by atoms with Crippen LogP contribution in [-0.4, -0.2) is 32.4 Å². The average Bonchev–Trinajstić information content (AvgIpc) is 3.15. The molecule has 0 saturated carbocycles. The summed E-state index contributed by atoms with van der Waals surface area (Å²) in [4.78, 5) is 12.1. The van der Waals surface area contributed by atoms with Crippen LogP contribution in [0.5, 0.6) is 0 Å². The Morgan fingerprint density at radius 1 is 1.32 bits per heavy atom. The van der Waals surface area contributed by atoms with Crippen LogP contribution in [0, 0.1) is 5.92 Å². The van der Waals surface area contributed by atoms with Gasteiger partial charge in [0.25, 0.3) is 0 Å². The normalized spacial score (nSPS) is 23.6. The molecule has 98 valence electrons. The lowest BCUT2D eigenvalue weighted by Crippen LogP contribution is -2.12. The van der Waals surface area contributed by atoms with Crippen LogP contribution in [0.2, 0.25) is 0 Å². The molecule has 2 N–H and O–H groups in total. The fourth-order valence-corrected chi connectivity index (χ4v) is 3.26. The predicted octanol–water partition coefficient (Wildman–Crippen LogP) is 1.92. The van der Waals surface area contributed by atoms with Crippen LogP contribution in [0.15, 0.2) is 24.7 Å². The maximum absolute atomic E-state index is 4.52. The summed E-state index contributed by atoms with van der Waals surface area (Å²) in [6.45, 7) is 4.41. The summed E-state index contributed by atoms with van der Waals surface area (Å²) >= 11 is 0. The average molecular weight is 255 g/mol. The fourth-order valence-electron chi connectivity index (χ4n) is 3.26. The summed E-state index contributed by atoms with van der Waals surface area (Å²) in [5.41, 5.74) is 4.28. The zero-order valence-corrected chi connectivity index (χ0v) is 10.9. The van der Waals surface area contributed by atoms with Crippen LogP contribution in [0.4, 0.5) is 0 Å². The first-order chi connectivity index (χ1) is 9.38. The van der Waals surface area contributed by atoms with E-state index in [9.17, 15) is 0 Å². The molecule has 1 aliphatic heterocycles. The Hall–Kier alpha value is -1.88. The third kappa shape index (κ3) is 1.51. The highest BCUT2D eigenvalue weighted by Gasteiger charge is 2.29. The lowest BCUT2D eigenvalue weighted by Gasteiger charge is -2.16. The molecule has 19 heavy (non-hydrogen) atoms. The van der Waals surface area contributed by atoms with E-state index in [4.69, 9.17) is 0 Å². The quantitative estimate of drug-likeness (QED) is 0.735. The summed E-state index contributed by atoms with van der Waals surface area (Å²) in [6, 6.07) is 2.07. The van der Waals surface area contributed by atoms with Gasteiger partial charge < -0.3 is 10.3 Å². The number of H-pyrrole nitrogens is 1. The van der Waals surface area contributed by atoms with Crippen molar-refractivity contribution in [2.75, 3.05) is 13.1 Å². The number of aromatic amines is 1. The van der Waals surface area contributed by atoms with Crippen LogP contribution < -0.4 is 5.32 Å². The van der Waals surface area contributed by atoms with Gasteiger partial charge in [-0.25, -0.2) is 9.97 Å². The number of nitrogens with one attached hydrogen (secondary N) is 2. The molecule has 0 aliphatic carbocycles. The first-order valence-corrected chi connectivity index (χ1v) is 6.88. The Balaban J connectivity index is 1.96. The summed E-state index contributed by atoms with van der Waals surface area (Å²) in [5, 5.41) is 3.50. The SMILES string of the molecule is CCC1CNC[C@@H]1c1cnc2cnc3[nH]ccc3n12. The molecule has 4 rings (SSSR count). The zero-order valence-electron chi connectivity index (χ0n) is 10.9. The van der Waals surface area contributed by atoms with Crippen LogP contribution in [0.3, 0.4) is 0 Å². The third-order valence-corrected chi connectivity index (χ3v) is 4.31. The minimum absolute atomic E-state index is 0.542. The molecule has 4 heterocycles. The van der Waals surface area contributed by atoms with Gasteiger partial charge in [-0.05, 0) is 18.5 Å². The molecule has 1 unspecified atom stereocenters. The second kappa shape index (κ2) is 4.06. The number of aromatic nitrogens is 4. The van der Waals surface area contributed by atoms with E-state index in [0.29, 0.717) is 11.8 Å². The summed E-state index contributed by atoms with van der Waals surface area (Å²) < 4.78 is 2.25. The molecule has 1 aliphatic rings. The molecule has 0 bridgehead atoms. The molecule has 0 spiro atoms. The first-order valence-electron chi connectivity index (χ1n) is 6.88. The number of hydrogen-bond acceptors (Lipinski definition) is 3. The molecule has 3 aromatic heterocycles. The number of rotatable bonds is 2. The van der Waals surface area contributed by atoms with E-state index in [1.807, 2.05) is 18.6 Å². The van der Waals surface area contributed by atoms with Gasteiger partial charge >= 0.3 is 0 Å². The lowest BCUT2D eigenvalue weighted by atomic mass is 9.91. The standard InChI is InChI=1S/C14H17N5/c1-2-9-5-15-6-10(9)12-7-17-13-8-18-14-11(19(12)13)3-4-16-14/h3-4,7-10,15-16H,2,5-6H2,1H3/t9?,10-/m0/s1. The molecule has 1 fully saturated rings. The monoisotopic (exact) mass is 255 g/mol. The van der Waals surface area contributed by atoms with Crippen molar-refractivity contribution in [2.24, 2.45) is 5.92 Å². The molecule has 1 saturated heterocycles. The lowest BCUT2D eigenvalue weighted by molar-refractivity contribution is 0.493. The molecular weight excluding hydrogens is 238 g/mol. The van der Waals surface area contributed by atoms with Crippen molar-refractivity contribution in [3.8, 4) is 0 Å². The van der Waals surface area contributed by atoms with E-state index in [0.717, 1.165) is 29.9 Å². The van der Waals surface area contributed by atoms with Crippen molar-refractivity contribution >= 4 is 16.8 Å². The Kier molecular flexibility index (Phi) is 2.35. The van der Waals surface area contributed by atoms with Crippen molar-refractivity contribution in [3.63, 3.8) is 0 Å². The Morgan fingerprint density at radius 3 is 3.16 bits per heavy atom. The van der Waals surface area contributed by atoms with Gasteiger partial charge in [0, 0.05) is 30.6 Å². The maximum atomic E-state index is 4.52. The molecule has 3 aromatic rings. The molecule has 0 amide bonds. The molecule has 0 aromatic carbocycles. The smallest absolute Gasteiger partial charge is 0.156 e. The van der Waals surface area contributed by atoms with Gasteiger partial charge in [0.1, 0.15) is 0 Å². The highest BCUT2D eigenvalue weighted by molar-refractivity contribution is 5.74. The summed E-state index contributed by atoms with van der Waals surface area (Å²) in [7, 11) is 0. The molecule has 5 nitrogen and oxygen atoms in total. The third-order valence-electron chi connectivity index (χ3n) is 4.31. The van der Waals surface area contributed by atoms with Crippen molar-refractivity contribution in [3.05, 3.63) is 30.4 Å². The molecule has 2 atom stereocenters. The van der Waals surface area contributed by atoms with Gasteiger partial charge in [0.15, 0.2) is 11.3 Å². The van der Waals surface area contributed by atoms with E-state index < -0.39 is 0 Å². The van der Waals surface area contributed by atoms with Gasteiger partial charge in [0.2, 0.25) is 0 Å². The number of fused-ring (bicyclic) bond motifs is 3. The highest BCUT2D eigenvalue weighted by atomic mass is 15.1. The maximum Gasteiger partial charge on any atom is 0.156 e. The van der Waals surface area contributed by atoms with Crippen molar-refractivity contribution in [2.45, 2.75) is 19.3 Å². The molecule has 0 radical (unpaired) electrons. The number of imidazole rings is 1. The minimum atomic E-state index is 0.542. The topological polar surface area (TPSA) is 58.0 Å². The Labute approximate surface area is 111 Å². The van der Waals surface area contributed by atoms with Crippen molar-refractivity contribution in [1.82, 2.24) is 24.7 Å². The number of nitrogens with zero attached hydrogens (tertiary/aromatic N) is 3. The largest absolute Gasteiger partial charge is 0.345 e. The zero-order chi connectivity index (χ0) is 12.8. The van der Waals surface area contributed by atoms with Gasteiger partial charge in [-0.3, -0.25) is 4.40 Å². The molecular formula is C14H17N5. The first kappa shape index (κ1) is 11.0. The van der Waals surface area contributed by atoms with E-state index >= 15 is 0 Å². The van der Waals surface area contributed by atoms with E-state index in [-0.39, 0.29) is 0 Å². The molecule has 5 heteroatoms. The Morgan fingerprint density at radius 2 is 2.26 bits per heavy atom. The fraction of sp³-hybridized carbons (Fsp3) is 0.429. The van der Waals surface area contributed by atoms with Crippen LogP contribution >= 0.6 is 0 Å². The van der Waals surface area contributed by atoms with Gasteiger partial charge in [-0.15, -0.1) is 0 Å². The number of hydrogen-bond donors (Lipinski definition) is 2. The van der Waals surface area contributed by atoms with Gasteiger partial charge in [0.05, 0.1) is 11.7 Å². The van der Waals surface area contributed by atoms with Crippen LogP contribution in [-0.2, 0) is 0 Å². The second-order valence-corrected chi connectivity index (χ2v) is 5.28.